The van der Waals surface area contributed by atoms with Gasteiger partial charge in [-0.15, -0.1) is 0 Å². The van der Waals surface area contributed by atoms with Crippen LogP contribution < -0.4 is 0 Å². The van der Waals surface area contributed by atoms with Crippen molar-refractivity contribution < 1.29 is 0 Å². The topological polar surface area (TPSA) is 19.7 Å². The smallest absolute Gasteiger partial charge is 0.0619 e. The molecule has 0 N–H and O–H groups in total. The Bertz CT molecular complexity index is 5960. The van der Waals surface area contributed by atoms with E-state index in [0.29, 0.717) is 0 Å². The number of aromatic nitrogens is 4. The Kier molecular flexibility index (Phi) is 11.3. The van der Waals surface area contributed by atoms with E-state index in [0.717, 1.165) is 11.4 Å². The maximum absolute atomic E-state index is 2.48. The molecule has 0 atom stereocenters. The summed E-state index contributed by atoms with van der Waals surface area (Å²) in [5, 5.41) is 17.7. The molecule has 0 radical (unpaired) electrons. The highest BCUT2D eigenvalue weighted by molar-refractivity contribution is 6.25. The van der Waals surface area contributed by atoms with E-state index in [2.05, 4.69) is 346 Å². The molecule has 19 rings (SSSR count). The highest BCUT2D eigenvalue weighted by Gasteiger charge is 2.23. The van der Waals surface area contributed by atoms with Crippen LogP contribution in [0.2, 0.25) is 0 Å². The van der Waals surface area contributed by atoms with Crippen molar-refractivity contribution in [2.45, 2.75) is 0 Å². The zero-order valence-corrected chi connectivity index (χ0v) is 48.0. The molecule has 15 aromatic carbocycles. The van der Waals surface area contributed by atoms with E-state index in [-0.39, 0.29) is 0 Å². The van der Waals surface area contributed by atoms with Gasteiger partial charge < -0.3 is 18.3 Å². The molecule has 0 saturated heterocycles. The molecule has 4 heteroatoms. The summed E-state index contributed by atoms with van der Waals surface area (Å²) in [5.41, 5.74) is 19.3. The molecule has 4 aromatic heterocycles. The molecular weight excluding hydrogens is 1060 g/mol. The molecule has 4 nitrogen and oxygen atoms in total. The Hall–Kier alpha value is -11.7. The molecule has 0 spiro atoms. The highest BCUT2D eigenvalue weighted by atomic mass is 15.0. The van der Waals surface area contributed by atoms with E-state index in [9.17, 15) is 0 Å². The van der Waals surface area contributed by atoms with Gasteiger partial charge in [0, 0.05) is 76.6 Å². The Balaban J connectivity index is 0.000000132. The fourth-order valence-corrected chi connectivity index (χ4v) is 14.4. The normalized spacial score (nSPS) is 11.9. The summed E-state index contributed by atoms with van der Waals surface area (Å²) >= 11 is 0. The Morgan fingerprint density at radius 1 is 0.148 bits per heavy atom. The quantitative estimate of drug-likeness (QED) is 0.158. The second-order valence-corrected chi connectivity index (χ2v) is 23.2. The van der Waals surface area contributed by atoms with Gasteiger partial charge >= 0.3 is 0 Å². The molecule has 0 unspecified atom stereocenters. The lowest BCUT2D eigenvalue weighted by atomic mass is 10.0. The molecule has 0 amide bonds. The van der Waals surface area contributed by atoms with Gasteiger partial charge in [-0.25, -0.2) is 0 Å². The monoisotopic (exact) mass is 1120 g/mol. The van der Waals surface area contributed by atoms with Crippen LogP contribution in [-0.2, 0) is 0 Å². The van der Waals surface area contributed by atoms with Gasteiger partial charge in [-0.1, -0.05) is 237 Å². The number of hydrogen-bond donors (Lipinski definition) is 0. The van der Waals surface area contributed by atoms with Crippen LogP contribution in [-0.4, -0.2) is 18.3 Å². The minimum absolute atomic E-state index is 1.16. The number of benzene rings is 15. The molecular formula is C84H54N4. The van der Waals surface area contributed by atoms with Gasteiger partial charge in [0.15, 0.2) is 0 Å². The van der Waals surface area contributed by atoms with E-state index in [4.69, 9.17) is 0 Å². The van der Waals surface area contributed by atoms with Gasteiger partial charge in [-0.05, 0) is 135 Å². The van der Waals surface area contributed by atoms with Crippen LogP contribution in [0.1, 0.15) is 0 Å². The fourth-order valence-electron chi connectivity index (χ4n) is 14.4. The minimum Gasteiger partial charge on any atom is -0.309 e. The second-order valence-electron chi connectivity index (χ2n) is 23.2. The number of rotatable bonds is 6. The van der Waals surface area contributed by atoms with Gasteiger partial charge in [0.1, 0.15) is 0 Å². The van der Waals surface area contributed by atoms with E-state index in [1.807, 2.05) is 0 Å². The maximum Gasteiger partial charge on any atom is 0.0619 e. The van der Waals surface area contributed by atoms with Crippen LogP contribution in [0.4, 0.5) is 0 Å². The van der Waals surface area contributed by atoms with Crippen molar-refractivity contribution in [2.75, 3.05) is 0 Å². The average Bonchev–Trinajstić information content (AvgIpc) is 1.61. The van der Waals surface area contributed by atoms with Crippen molar-refractivity contribution in [2.24, 2.45) is 0 Å². The first kappa shape index (κ1) is 49.7. The largest absolute Gasteiger partial charge is 0.309 e. The van der Waals surface area contributed by atoms with E-state index >= 15 is 0 Å². The molecule has 0 aliphatic rings. The van der Waals surface area contributed by atoms with Crippen LogP contribution in [0.3, 0.4) is 0 Å². The van der Waals surface area contributed by atoms with Crippen molar-refractivity contribution >= 4 is 120 Å². The second kappa shape index (κ2) is 20.0. The molecule has 88 heavy (non-hydrogen) atoms. The van der Waals surface area contributed by atoms with Crippen molar-refractivity contribution in [3.8, 4) is 45.0 Å². The summed E-state index contributed by atoms with van der Waals surface area (Å²) in [4.78, 5) is 0. The standard InChI is InChI=1S/C44H28N2.C40H26N2/c1-2-13-34(14-3-1)45-41-17-9-8-16-37(41)39-27-40-38-25-22-31-11-6-7-15-36(31)44(38)46(43(40)28-42(39)45)35-23-20-30(21-24-35)33-19-18-29-10-4-5-12-32(29)26-33;1-3-12-27(13-4-1)29-15-11-18-31(24-29)42-39-26-38-35(25-36(39)34-23-22-28-14-7-8-19-32(28)40(34)42)33-20-9-10-21-37(33)41(38)30-16-5-2-6-17-30/h1-28H;1-26H. The average molecular weight is 1120 g/mol. The van der Waals surface area contributed by atoms with E-state index in [1.165, 1.54) is 153 Å². The molecule has 0 saturated carbocycles. The van der Waals surface area contributed by atoms with Gasteiger partial charge in [-0.2, -0.15) is 0 Å². The summed E-state index contributed by atoms with van der Waals surface area (Å²) in [6.07, 6.45) is 0. The third kappa shape index (κ3) is 7.79. The first-order chi connectivity index (χ1) is 43.7. The van der Waals surface area contributed by atoms with Crippen LogP contribution in [0.5, 0.6) is 0 Å². The lowest BCUT2D eigenvalue weighted by Gasteiger charge is -2.12. The third-order valence-corrected chi connectivity index (χ3v) is 18.3. The summed E-state index contributed by atoms with van der Waals surface area (Å²) in [6.45, 7) is 0. The predicted octanol–water partition coefficient (Wildman–Crippen LogP) is 22.6. The summed E-state index contributed by atoms with van der Waals surface area (Å²) in [6, 6.07) is 119. The SMILES string of the molecule is c1ccc(-c2cccc(-n3c4cc5c(cc4c4ccc6ccccc6c43)c3ccccc3n5-c3ccccc3)c2)cc1.c1ccc(-n2c3ccccc3c3cc4c5ccc6ccccc6c5n(-c5ccc(-c6ccc7ccccc7c6)cc5)c4cc32)cc1. The van der Waals surface area contributed by atoms with Crippen molar-refractivity contribution in [3.63, 3.8) is 0 Å². The van der Waals surface area contributed by atoms with Gasteiger partial charge in [0.2, 0.25) is 0 Å². The summed E-state index contributed by atoms with van der Waals surface area (Å²) < 4.78 is 9.77. The molecule has 4 heterocycles. The van der Waals surface area contributed by atoms with E-state index < -0.39 is 0 Å². The molecule has 0 aliphatic heterocycles. The fraction of sp³-hybridized carbons (Fsp3) is 0. The van der Waals surface area contributed by atoms with Crippen LogP contribution in [0, 0.1) is 0 Å². The molecule has 0 aliphatic carbocycles. The van der Waals surface area contributed by atoms with Crippen LogP contribution in [0.25, 0.3) is 165 Å². The molecule has 0 bridgehead atoms. The van der Waals surface area contributed by atoms with Crippen molar-refractivity contribution in [1.29, 1.82) is 0 Å². The van der Waals surface area contributed by atoms with Crippen LogP contribution in [0.15, 0.2) is 328 Å². The van der Waals surface area contributed by atoms with Gasteiger partial charge in [0.05, 0.1) is 44.1 Å². The molecule has 19 aromatic rings. The predicted molar refractivity (Wildman–Crippen MR) is 374 cm³/mol. The summed E-state index contributed by atoms with van der Waals surface area (Å²) in [5.74, 6) is 0. The first-order valence-corrected chi connectivity index (χ1v) is 30.3. The van der Waals surface area contributed by atoms with E-state index in [1.54, 1.807) is 0 Å². The zero-order valence-electron chi connectivity index (χ0n) is 48.0. The van der Waals surface area contributed by atoms with Gasteiger partial charge in [-0.3, -0.25) is 0 Å². The third-order valence-electron chi connectivity index (χ3n) is 18.3. The lowest BCUT2D eigenvalue weighted by molar-refractivity contribution is 1.17. The first-order valence-electron chi connectivity index (χ1n) is 30.3. The number of para-hydroxylation sites is 4. The minimum atomic E-state index is 1.16. The Labute approximate surface area is 507 Å². The molecule has 410 valence electrons. The highest BCUT2D eigenvalue weighted by Crippen LogP contribution is 2.45. The maximum atomic E-state index is 2.48. The van der Waals surface area contributed by atoms with Gasteiger partial charge in [0.25, 0.3) is 0 Å². The summed E-state index contributed by atoms with van der Waals surface area (Å²) in [7, 11) is 0. The zero-order chi connectivity index (χ0) is 57.8. The van der Waals surface area contributed by atoms with Crippen molar-refractivity contribution in [1.82, 2.24) is 18.3 Å². The molecule has 0 fully saturated rings. The lowest BCUT2D eigenvalue weighted by Crippen LogP contribution is -1.96. The Morgan fingerprint density at radius 2 is 0.511 bits per heavy atom. The number of hydrogen-bond acceptors (Lipinski definition) is 0. The van der Waals surface area contributed by atoms with Crippen molar-refractivity contribution in [3.05, 3.63) is 328 Å². The Morgan fingerprint density at radius 3 is 1.07 bits per heavy atom. The number of fused-ring (bicyclic) bond motifs is 17. The van der Waals surface area contributed by atoms with Crippen LogP contribution >= 0.6 is 0 Å². The number of nitrogens with zero attached hydrogens (tertiary/aromatic N) is 4.